The zero-order chi connectivity index (χ0) is 14.8. The number of rotatable bonds is 10. The van der Waals surface area contributed by atoms with Gasteiger partial charge in [-0.25, -0.2) is 4.57 Å². The molecule has 0 aliphatic carbocycles. The molecule has 1 heterocycles. The van der Waals surface area contributed by atoms with Crippen LogP contribution in [0, 0.1) is 6.92 Å². The van der Waals surface area contributed by atoms with E-state index in [0.717, 1.165) is 19.0 Å². The van der Waals surface area contributed by atoms with E-state index in [2.05, 4.69) is 36.0 Å². The lowest BCUT2D eigenvalue weighted by atomic mass is 10.3. The van der Waals surface area contributed by atoms with Crippen LogP contribution in [-0.2, 0) is 19.8 Å². The van der Waals surface area contributed by atoms with Crippen LogP contribution in [-0.4, -0.2) is 28.6 Å². The number of nitrogens with zero attached hydrogens (tertiary/aromatic N) is 1. The summed E-state index contributed by atoms with van der Waals surface area (Å²) in [7, 11) is -2.48. The summed E-state index contributed by atoms with van der Waals surface area (Å²) >= 11 is 0. The lowest BCUT2D eigenvalue weighted by Gasteiger charge is -2.28. The van der Waals surface area contributed by atoms with Crippen molar-refractivity contribution in [3.8, 4) is 0 Å². The van der Waals surface area contributed by atoms with Gasteiger partial charge < -0.3 is 25.7 Å². The molecule has 0 atom stereocenters. The summed E-state index contributed by atoms with van der Waals surface area (Å²) in [6.45, 7) is 11.0. The molecule has 0 radical (unpaired) electrons. The molecule has 0 bridgehead atoms. The Kier molecular flexibility index (Phi) is 10.9. The van der Waals surface area contributed by atoms with Crippen LogP contribution in [0.5, 0.6) is 0 Å². The summed E-state index contributed by atoms with van der Waals surface area (Å²) in [5.41, 5.74) is 1.27. The number of halogens is 1. The minimum atomic E-state index is -2.48. The van der Waals surface area contributed by atoms with Crippen molar-refractivity contribution in [3.63, 3.8) is 0 Å². The van der Waals surface area contributed by atoms with E-state index in [-0.39, 0.29) is 12.4 Å². The SMILES string of the molecule is CCO[Si](CCC[n+]1cccc(C)c1)(OCC)OCC.[Cl-]. The Morgan fingerprint density at radius 3 is 2.10 bits per heavy atom. The predicted octanol–water partition coefficient (Wildman–Crippen LogP) is -0.275. The fourth-order valence-electron chi connectivity index (χ4n) is 2.27. The van der Waals surface area contributed by atoms with E-state index < -0.39 is 8.80 Å². The first-order chi connectivity index (χ1) is 9.65. The van der Waals surface area contributed by atoms with Crippen molar-refractivity contribution >= 4 is 8.80 Å². The summed E-state index contributed by atoms with van der Waals surface area (Å²) in [5.74, 6) is 0. The van der Waals surface area contributed by atoms with Gasteiger partial charge in [-0.1, -0.05) is 0 Å². The quantitative estimate of drug-likeness (QED) is 0.436. The highest BCUT2D eigenvalue weighted by Crippen LogP contribution is 2.18. The normalized spacial score (nSPS) is 11.2. The Bertz CT molecular complexity index is 376. The van der Waals surface area contributed by atoms with Gasteiger partial charge in [0, 0.05) is 43.9 Å². The van der Waals surface area contributed by atoms with Crippen molar-refractivity contribution < 1.29 is 30.3 Å². The third kappa shape index (κ3) is 7.38. The van der Waals surface area contributed by atoms with Gasteiger partial charge >= 0.3 is 8.80 Å². The Labute approximate surface area is 136 Å². The van der Waals surface area contributed by atoms with Crippen LogP contribution in [0.3, 0.4) is 0 Å². The van der Waals surface area contributed by atoms with E-state index in [1.54, 1.807) is 0 Å². The molecule has 0 unspecified atom stereocenters. The number of hydrogen-bond donors (Lipinski definition) is 0. The maximum Gasteiger partial charge on any atom is 0.501 e. The van der Waals surface area contributed by atoms with Gasteiger partial charge in [0.25, 0.3) is 0 Å². The Balaban J connectivity index is 0.00000400. The summed E-state index contributed by atoms with van der Waals surface area (Å²) in [5, 5.41) is 0. The van der Waals surface area contributed by atoms with E-state index in [1.807, 2.05) is 20.8 Å². The molecule has 0 amide bonds. The predicted molar refractivity (Wildman–Crippen MR) is 81.4 cm³/mol. The molecular formula is C15H28ClNO3Si. The maximum absolute atomic E-state index is 5.86. The molecule has 0 aromatic carbocycles. The molecule has 0 saturated heterocycles. The first-order valence-electron chi connectivity index (χ1n) is 7.53. The molecule has 0 N–H and O–H groups in total. The summed E-state index contributed by atoms with van der Waals surface area (Å²) in [6.07, 6.45) is 5.25. The monoisotopic (exact) mass is 333 g/mol. The molecule has 1 rings (SSSR count). The van der Waals surface area contributed by atoms with E-state index in [9.17, 15) is 0 Å². The Morgan fingerprint density at radius 1 is 1.05 bits per heavy atom. The molecule has 122 valence electrons. The number of aryl methyl sites for hydroxylation is 2. The highest BCUT2D eigenvalue weighted by Gasteiger charge is 2.40. The van der Waals surface area contributed by atoms with Crippen molar-refractivity contribution in [3.05, 3.63) is 30.1 Å². The van der Waals surface area contributed by atoms with Crippen molar-refractivity contribution in [2.75, 3.05) is 19.8 Å². The Hall–Kier alpha value is -0.463. The molecule has 0 spiro atoms. The van der Waals surface area contributed by atoms with Crippen LogP contribution in [0.25, 0.3) is 0 Å². The van der Waals surface area contributed by atoms with Crippen LogP contribution in [0.2, 0.25) is 6.04 Å². The van der Waals surface area contributed by atoms with E-state index in [0.29, 0.717) is 19.8 Å². The molecule has 4 nitrogen and oxygen atoms in total. The lowest BCUT2D eigenvalue weighted by Crippen LogP contribution is -3.00. The smallest absolute Gasteiger partial charge is 0.501 e. The zero-order valence-electron chi connectivity index (χ0n) is 13.6. The summed E-state index contributed by atoms with van der Waals surface area (Å²) in [6, 6.07) is 5.05. The van der Waals surface area contributed by atoms with E-state index >= 15 is 0 Å². The van der Waals surface area contributed by atoms with Crippen LogP contribution in [0.4, 0.5) is 0 Å². The summed E-state index contributed by atoms with van der Waals surface area (Å²) in [4.78, 5) is 0. The number of aromatic nitrogens is 1. The van der Waals surface area contributed by atoms with Gasteiger partial charge in [-0.2, -0.15) is 0 Å². The fraction of sp³-hybridized carbons (Fsp3) is 0.667. The van der Waals surface area contributed by atoms with Crippen molar-refractivity contribution in [2.45, 2.75) is 46.7 Å². The standard InChI is InChI=1S/C15H28NO3Si.ClH/c1-5-17-20(18-6-2,19-7-3)13-9-12-16-11-8-10-15(4)14-16;/h8,10-11,14H,5-7,9,12-13H2,1-4H3;1H/q+1;/p-1. The van der Waals surface area contributed by atoms with Gasteiger partial charge in [0.15, 0.2) is 12.4 Å². The molecule has 0 saturated carbocycles. The molecule has 1 aromatic heterocycles. The van der Waals surface area contributed by atoms with Crippen molar-refractivity contribution in [1.29, 1.82) is 0 Å². The van der Waals surface area contributed by atoms with Crippen molar-refractivity contribution in [2.24, 2.45) is 0 Å². The first-order valence-corrected chi connectivity index (χ1v) is 9.46. The average Bonchev–Trinajstić information content (AvgIpc) is 2.40. The topological polar surface area (TPSA) is 31.6 Å². The van der Waals surface area contributed by atoms with Crippen molar-refractivity contribution in [1.82, 2.24) is 0 Å². The van der Waals surface area contributed by atoms with E-state index in [1.165, 1.54) is 5.56 Å². The molecular weight excluding hydrogens is 306 g/mol. The van der Waals surface area contributed by atoms with Gasteiger partial charge in [0.2, 0.25) is 0 Å². The summed E-state index contributed by atoms with van der Waals surface area (Å²) < 4.78 is 19.8. The number of hydrogen-bond acceptors (Lipinski definition) is 3. The second kappa shape index (κ2) is 11.2. The highest BCUT2D eigenvalue weighted by atomic mass is 35.5. The number of pyridine rings is 1. The minimum Gasteiger partial charge on any atom is -1.00 e. The zero-order valence-corrected chi connectivity index (χ0v) is 15.4. The highest BCUT2D eigenvalue weighted by molar-refractivity contribution is 6.60. The Morgan fingerprint density at radius 2 is 1.62 bits per heavy atom. The first kappa shape index (κ1) is 20.5. The maximum atomic E-state index is 5.86. The van der Waals surface area contributed by atoms with Gasteiger partial charge in [-0.3, -0.25) is 0 Å². The van der Waals surface area contributed by atoms with Crippen LogP contribution in [0.1, 0.15) is 32.8 Å². The minimum absolute atomic E-state index is 0. The third-order valence-corrected chi connectivity index (χ3v) is 6.15. The largest absolute Gasteiger partial charge is 1.00 e. The third-order valence-electron chi connectivity index (χ3n) is 3.00. The molecule has 0 aliphatic heterocycles. The average molecular weight is 334 g/mol. The molecule has 0 aliphatic rings. The molecule has 6 heteroatoms. The fourth-order valence-corrected chi connectivity index (χ4v) is 4.87. The van der Waals surface area contributed by atoms with Crippen LogP contribution < -0.4 is 17.0 Å². The van der Waals surface area contributed by atoms with Gasteiger partial charge in [-0.15, -0.1) is 0 Å². The molecule has 1 aromatic rings. The second-order valence-corrected chi connectivity index (χ2v) is 7.44. The van der Waals surface area contributed by atoms with Crippen LogP contribution in [0.15, 0.2) is 24.5 Å². The van der Waals surface area contributed by atoms with Gasteiger partial charge in [0.1, 0.15) is 6.54 Å². The second-order valence-electron chi connectivity index (χ2n) is 4.70. The lowest BCUT2D eigenvalue weighted by molar-refractivity contribution is -0.697. The molecule has 21 heavy (non-hydrogen) atoms. The van der Waals surface area contributed by atoms with E-state index in [4.69, 9.17) is 13.3 Å². The van der Waals surface area contributed by atoms with Gasteiger partial charge in [-0.05, 0) is 33.8 Å². The van der Waals surface area contributed by atoms with Crippen LogP contribution >= 0.6 is 0 Å². The van der Waals surface area contributed by atoms with Gasteiger partial charge in [0.05, 0.1) is 0 Å². The molecule has 0 fully saturated rings.